The van der Waals surface area contributed by atoms with E-state index in [-0.39, 0.29) is 11.9 Å². The highest BCUT2D eigenvalue weighted by molar-refractivity contribution is 7.80. The fraction of sp³-hybridized carbons (Fsp3) is 0.467. The first-order valence-electron chi connectivity index (χ1n) is 7.03. The van der Waals surface area contributed by atoms with Gasteiger partial charge in [0.05, 0.1) is 0 Å². The lowest BCUT2D eigenvalue weighted by molar-refractivity contribution is 0.0906. The monoisotopic (exact) mass is 291 g/mol. The summed E-state index contributed by atoms with van der Waals surface area (Å²) in [5.74, 6) is -0.0255. The van der Waals surface area contributed by atoms with Gasteiger partial charge in [-0.05, 0) is 38.1 Å². The lowest BCUT2D eigenvalue weighted by Crippen LogP contribution is -2.47. The van der Waals surface area contributed by atoms with E-state index in [1.165, 1.54) is 0 Å². The number of carbonyl (C=O) groups is 1. The first-order chi connectivity index (χ1) is 9.60. The van der Waals surface area contributed by atoms with Crippen LogP contribution in [0.4, 0.5) is 0 Å². The fourth-order valence-corrected chi connectivity index (χ4v) is 2.65. The van der Waals surface area contributed by atoms with Crippen LogP contribution in [0.2, 0.25) is 0 Å². The van der Waals surface area contributed by atoms with E-state index in [1.807, 2.05) is 0 Å². The Morgan fingerprint density at radius 3 is 2.65 bits per heavy atom. The highest BCUT2D eigenvalue weighted by Gasteiger charge is 2.20. The first-order valence-corrected chi connectivity index (χ1v) is 7.44. The summed E-state index contributed by atoms with van der Waals surface area (Å²) < 4.78 is 0. The zero-order valence-electron chi connectivity index (χ0n) is 11.8. The van der Waals surface area contributed by atoms with Gasteiger partial charge in [-0.2, -0.15) is 0 Å². The topological polar surface area (TPSA) is 58.4 Å². The third kappa shape index (κ3) is 3.77. The number of benzene rings is 1. The maximum Gasteiger partial charge on any atom is 0.251 e. The molecule has 0 spiro atoms. The summed E-state index contributed by atoms with van der Waals surface area (Å²) in [4.78, 5) is 14.9. The average Bonchev–Trinajstić information content (AvgIpc) is 2.47. The van der Waals surface area contributed by atoms with Crippen molar-refractivity contribution in [3.8, 4) is 0 Å². The standard InChI is InChI=1S/C15H21N3OS/c1-2-18-9-3-4-13(10-18)17-15(19)12-7-5-11(6-8-12)14(16)20/h5-8,13H,2-4,9-10H2,1H3,(H2,16,20)(H,17,19). The van der Waals surface area contributed by atoms with Crippen LogP contribution in [0.25, 0.3) is 0 Å². The van der Waals surface area contributed by atoms with Gasteiger partial charge in [0.25, 0.3) is 5.91 Å². The molecule has 0 aromatic heterocycles. The van der Waals surface area contributed by atoms with Crippen molar-refractivity contribution in [2.24, 2.45) is 5.73 Å². The second-order valence-corrected chi connectivity index (χ2v) is 5.59. The highest BCUT2D eigenvalue weighted by Crippen LogP contribution is 2.11. The summed E-state index contributed by atoms with van der Waals surface area (Å²) >= 11 is 4.90. The summed E-state index contributed by atoms with van der Waals surface area (Å²) in [5.41, 5.74) is 6.98. The number of likely N-dealkylation sites (tertiary alicyclic amines) is 1. The van der Waals surface area contributed by atoms with Gasteiger partial charge in [0, 0.05) is 23.7 Å². The van der Waals surface area contributed by atoms with Gasteiger partial charge in [-0.1, -0.05) is 31.3 Å². The Bertz CT molecular complexity index is 486. The van der Waals surface area contributed by atoms with Crippen LogP contribution in [-0.2, 0) is 0 Å². The molecular weight excluding hydrogens is 270 g/mol. The minimum atomic E-state index is -0.0255. The molecule has 2 rings (SSSR count). The maximum atomic E-state index is 12.2. The first kappa shape index (κ1) is 14.9. The van der Waals surface area contributed by atoms with Crippen LogP contribution in [0.5, 0.6) is 0 Å². The summed E-state index contributed by atoms with van der Waals surface area (Å²) in [6.45, 7) is 5.26. The van der Waals surface area contributed by atoms with Gasteiger partial charge in [0.15, 0.2) is 0 Å². The Labute approximate surface area is 125 Å². The van der Waals surface area contributed by atoms with Gasteiger partial charge >= 0.3 is 0 Å². The van der Waals surface area contributed by atoms with Gasteiger partial charge in [0.2, 0.25) is 0 Å². The van der Waals surface area contributed by atoms with Crippen LogP contribution in [0.15, 0.2) is 24.3 Å². The van der Waals surface area contributed by atoms with Crippen LogP contribution in [0.3, 0.4) is 0 Å². The number of likely N-dealkylation sites (N-methyl/N-ethyl adjacent to an activating group) is 1. The molecule has 0 bridgehead atoms. The van der Waals surface area contributed by atoms with Crippen LogP contribution in [-0.4, -0.2) is 41.5 Å². The molecule has 1 aliphatic rings. The normalized spacial score (nSPS) is 19.6. The summed E-state index contributed by atoms with van der Waals surface area (Å²) in [5, 5.41) is 3.10. The molecule has 1 fully saturated rings. The number of rotatable bonds is 4. The Morgan fingerprint density at radius 2 is 2.05 bits per heavy atom. The zero-order valence-corrected chi connectivity index (χ0v) is 12.6. The molecule has 5 heteroatoms. The van der Waals surface area contributed by atoms with E-state index < -0.39 is 0 Å². The summed E-state index contributed by atoms with van der Waals surface area (Å²) in [6, 6.07) is 7.35. The van der Waals surface area contributed by atoms with E-state index in [0.717, 1.165) is 38.0 Å². The molecule has 0 aliphatic carbocycles. The summed E-state index contributed by atoms with van der Waals surface area (Å²) in [6.07, 6.45) is 2.19. The zero-order chi connectivity index (χ0) is 14.5. The van der Waals surface area contributed by atoms with Crippen LogP contribution < -0.4 is 11.1 Å². The van der Waals surface area contributed by atoms with E-state index in [4.69, 9.17) is 18.0 Å². The number of carbonyl (C=O) groups excluding carboxylic acids is 1. The highest BCUT2D eigenvalue weighted by atomic mass is 32.1. The van der Waals surface area contributed by atoms with Crippen LogP contribution in [0, 0.1) is 0 Å². The Kier molecular flexibility index (Phi) is 5.09. The lowest BCUT2D eigenvalue weighted by atomic mass is 10.0. The second-order valence-electron chi connectivity index (χ2n) is 5.15. The van der Waals surface area contributed by atoms with E-state index >= 15 is 0 Å². The van der Waals surface area contributed by atoms with E-state index in [1.54, 1.807) is 24.3 Å². The number of nitrogens with two attached hydrogens (primary N) is 1. The molecule has 1 saturated heterocycles. The molecular formula is C15H21N3OS. The molecule has 3 N–H and O–H groups in total. The number of nitrogens with one attached hydrogen (secondary N) is 1. The molecule has 1 amide bonds. The summed E-state index contributed by atoms with van der Waals surface area (Å²) in [7, 11) is 0. The molecule has 108 valence electrons. The van der Waals surface area contributed by atoms with E-state index in [2.05, 4.69) is 17.1 Å². The molecule has 1 heterocycles. The van der Waals surface area contributed by atoms with E-state index in [0.29, 0.717) is 10.6 Å². The molecule has 1 unspecified atom stereocenters. The molecule has 0 radical (unpaired) electrons. The van der Waals surface area contributed by atoms with Crippen molar-refractivity contribution < 1.29 is 4.79 Å². The fourth-order valence-electron chi connectivity index (χ4n) is 2.52. The van der Waals surface area contributed by atoms with Gasteiger partial charge in [-0.3, -0.25) is 4.79 Å². The van der Waals surface area contributed by atoms with Crippen molar-refractivity contribution >= 4 is 23.1 Å². The number of hydrogen-bond donors (Lipinski definition) is 2. The quantitative estimate of drug-likeness (QED) is 0.826. The SMILES string of the molecule is CCN1CCCC(NC(=O)c2ccc(C(N)=S)cc2)C1. The molecule has 1 aliphatic heterocycles. The minimum absolute atomic E-state index is 0.0255. The van der Waals surface area contributed by atoms with Crippen LogP contribution in [0.1, 0.15) is 35.7 Å². The number of amides is 1. The van der Waals surface area contributed by atoms with Crippen molar-refractivity contribution in [1.82, 2.24) is 10.2 Å². The molecule has 4 nitrogen and oxygen atoms in total. The number of nitrogens with zero attached hydrogens (tertiary/aromatic N) is 1. The van der Waals surface area contributed by atoms with Crippen molar-refractivity contribution in [1.29, 1.82) is 0 Å². The van der Waals surface area contributed by atoms with Crippen molar-refractivity contribution in [3.63, 3.8) is 0 Å². The lowest BCUT2D eigenvalue weighted by Gasteiger charge is -2.32. The third-order valence-corrected chi connectivity index (χ3v) is 3.96. The Balaban J connectivity index is 1.95. The van der Waals surface area contributed by atoms with Gasteiger partial charge in [0.1, 0.15) is 4.99 Å². The molecule has 1 atom stereocenters. The molecule has 1 aromatic carbocycles. The Morgan fingerprint density at radius 1 is 1.40 bits per heavy atom. The minimum Gasteiger partial charge on any atom is -0.389 e. The largest absolute Gasteiger partial charge is 0.389 e. The van der Waals surface area contributed by atoms with Crippen molar-refractivity contribution in [3.05, 3.63) is 35.4 Å². The number of piperidine rings is 1. The predicted octanol–water partition coefficient (Wildman–Crippen LogP) is 1.53. The molecule has 20 heavy (non-hydrogen) atoms. The third-order valence-electron chi connectivity index (χ3n) is 3.72. The smallest absolute Gasteiger partial charge is 0.251 e. The predicted molar refractivity (Wildman–Crippen MR) is 84.9 cm³/mol. The Hall–Kier alpha value is -1.46. The number of thiocarbonyl (C=S) groups is 1. The van der Waals surface area contributed by atoms with Crippen LogP contribution >= 0.6 is 12.2 Å². The molecule has 1 aromatic rings. The number of hydrogen-bond acceptors (Lipinski definition) is 3. The molecule has 0 saturated carbocycles. The van der Waals surface area contributed by atoms with Crippen molar-refractivity contribution in [2.75, 3.05) is 19.6 Å². The van der Waals surface area contributed by atoms with Gasteiger partial charge in [-0.25, -0.2) is 0 Å². The van der Waals surface area contributed by atoms with Gasteiger partial charge < -0.3 is 16.0 Å². The average molecular weight is 291 g/mol. The second kappa shape index (κ2) is 6.81. The van der Waals surface area contributed by atoms with E-state index in [9.17, 15) is 4.79 Å². The van der Waals surface area contributed by atoms with Crippen molar-refractivity contribution in [2.45, 2.75) is 25.8 Å². The maximum absolute atomic E-state index is 12.2. The van der Waals surface area contributed by atoms with Gasteiger partial charge in [-0.15, -0.1) is 0 Å².